The zero-order valence-corrected chi connectivity index (χ0v) is 18.0. The van der Waals surface area contributed by atoms with Crippen molar-refractivity contribution in [1.82, 2.24) is 4.98 Å². The highest BCUT2D eigenvalue weighted by Crippen LogP contribution is 2.36. The summed E-state index contributed by atoms with van der Waals surface area (Å²) in [5.41, 5.74) is 3.12. The molecule has 1 aliphatic heterocycles. The van der Waals surface area contributed by atoms with Gasteiger partial charge in [-0.2, -0.15) is 0 Å². The lowest BCUT2D eigenvalue weighted by Crippen LogP contribution is -2.38. The molecule has 1 atom stereocenters. The first-order chi connectivity index (χ1) is 15.1. The summed E-state index contributed by atoms with van der Waals surface area (Å²) in [6.45, 7) is 2.00. The van der Waals surface area contributed by atoms with Gasteiger partial charge in [-0.25, -0.2) is 9.78 Å². The summed E-state index contributed by atoms with van der Waals surface area (Å²) < 4.78 is 4.81. The molecule has 4 rings (SSSR count). The summed E-state index contributed by atoms with van der Waals surface area (Å²) in [6.07, 6.45) is 6.29. The lowest BCUT2D eigenvalue weighted by Gasteiger charge is -2.27. The Morgan fingerprint density at radius 1 is 1.10 bits per heavy atom. The van der Waals surface area contributed by atoms with Gasteiger partial charge in [-0.1, -0.05) is 54.1 Å². The molecular weight excluding hydrogens is 410 g/mol. The summed E-state index contributed by atoms with van der Waals surface area (Å²) in [4.78, 5) is 33.3. The Balaban J connectivity index is 1.86. The van der Waals surface area contributed by atoms with E-state index < -0.39 is 12.1 Å². The van der Waals surface area contributed by atoms with Gasteiger partial charge < -0.3 is 9.64 Å². The zero-order chi connectivity index (χ0) is 21.8. The van der Waals surface area contributed by atoms with Gasteiger partial charge in [0.1, 0.15) is 11.9 Å². The standard InChI is InChI=1S/C24H21N3O3S/c1-17-8-11-19(12-9-17)26-20(16-22(28)30-2)23(29)27(24-25-14-15-31-24)21(26)13-10-18-6-4-3-5-7-18/h3-16,21H,1-2H3/b13-10+,20-16+. The predicted molar refractivity (Wildman–Crippen MR) is 123 cm³/mol. The van der Waals surface area contributed by atoms with Crippen molar-refractivity contribution >= 4 is 40.1 Å². The quantitative estimate of drug-likeness (QED) is 0.443. The third-order valence-corrected chi connectivity index (χ3v) is 5.65. The Morgan fingerprint density at radius 3 is 2.48 bits per heavy atom. The molecule has 0 radical (unpaired) electrons. The highest BCUT2D eigenvalue weighted by atomic mass is 32.1. The number of rotatable bonds is 5. The van der Waals surface area contributed by atoms with Gasteiger partial charge in [0.15, 0.2) is 5.13 Å². The average molecular weight is 432 g/mol. The number of methoxy groups -OCH3 is 1. The third kappa shape index (κ3) is 4.27. The van der Waals surface area contributed by atoms with Crippen molar-refractivity contribution in [3.63, 3.8) is 0 Å². The van der Waals surface area contributed by atoms with E-state index in [-0.39, 0.29) is 11.6 Å². The molecule has 0 saturated carbocycles. The Labute approximate surface area is 184 Å². The number of nitrogens with zero attached hydrogens (tertiary/aromatic N) is 3. The van der Waals surface area contributed by atoms with Crippen molar-refractivity contribution in [3.05, 3.63) is 95.2 Å². The van der Waals surface area contributed by atoms with E-state index in [0.717, 1.165) is 16.8 Å². The number of thiazole rings is 1. The number of hydrogen-bond donors (Lipinski definition) is 0. The lowest BCUT2D eigenvalue weighted by molar-refractivity contribution is -0.135. The van der Waals surface area contributed by atoms with E-state index in [4.69, 9.17) is 4.74 Å². The number of aromatic nitrogens is 1. The van der Waals surface area contributed by atoms with Crippen LogP contribution in [0.2, 0.25) is 0 Å². The Kier molecular flexibility index (Phi) is 5.95. The number of aryl methyl sites for hydroxylation is 1. The van der Waals surface area contributed by atoms with Crippen molar-refractivity contribution in [2.75, 3.05) is 16.9 Å². The number of benzene rings is 2. The van der Waals surface area contributed by atoms with Crippen molar-refractivity contribution in [1.29, 1.82) is 0 Å². The van der Waals surface area contributed by atoms with E-state index in [2.05, 4.69) is 4.98 Å². The van der Waals surface area contributed by atoms with Gasteiger partial charge in [0, 0.05) is 17.3 Å². The monoisotopic (exact) mass is 431 g/mol. The van der Waals surface area contributed by atoms with Crippen molar-refractivity contribution in [2.24, 2.45) is 0 Å². The molecule has 7 heteroatoms. The summed E-state index contributed by atoms with van der Waals surface area (Å²) in [5.74, 6) is -0.907. The summed E-state index contributed by atoms with van der Waals surface area (Å²) in [7, 11) is 1.29. The van der Waals surface area contributed by atoms with Crippen molar-refractivity contribution in [3.8, 4) is 0 Å². The number of hydrogen-bond acceptors (Lipinski definition) is 6. The van der Waals surface area contributed by atoms with Crippen LogP contribution >= 0.6 is 11.3 Å². The second-order valence-electron chi connectivity index (χ2n) is 6.93. The molecule has 2 aromatic carbocycles. The number of ether oxygens (including phenoxy) is 1. The third-order valence-electron chi connectivity index (χ3n) is 4.88. The van der Waals surface area contributed by atoms with E-state index in [1.54, 1.807) is 11.1 Å². The van der Waals surface area contributed by atoms with Crippen molar-refractivity contribution < 1.29 is 14.3 Å². The van der Waals surface area contributed by atoms with E-state index >= 15 is 0 Å². The summed E-state index contributed by atoms with van der Waals surface area (Å²) in [5, 5.41) is 2.37. The fraction of sp³-hybridized carbons (Fsp3) is 0.125. The van der Waals surface area contributed by atoms with Crippen LogP contribution in [0.4, 0.5) is 10.8 Å². The first-order valence-corrected chi connectivity index (χ1v) is 10.6. The minimum atomic E-state index is -0.591. The molecule has 1 unspecified atom stereocenters. The summed E-state index contributed by atoms with van der Waals surface area (Å²) >= 11 is 1.37. The van der Waals surface area contributed by atoms with Crippen LogP contribution < -0.4 is 9.80 Å². The SMILES string of the molecule is COC(=O)/C=C1\C(=O)N(c2nccs2)C(/C=C/c2ccccc2)N1c1ccc(C)cc1. The normalized spacial score (nSPS) is 17.7. The van der Waals surface area contributed by atoms with Crippen LogP contribution in [0.25, 0.3) is 6.08 Å². The van der Waals surface area contributed by atoms with Gasteiger partial charge in [0.25, 0.3) is 5.91 Å². The first-order valence-electron chi connectivity index (χ1n) is 9.70. The molecule has 0 N–H and O–H groups in total. The van der Waals surface area contributed by atoms with E-state index in [1.807, 2.05) is 84.0 Å². The van der Waals surface area contributed by atoms with E-state index in [1.165, 1.54) is 24.5 Å². The van der Waals surface area contributed by atoms with Crippen LogP contribution in [-0.4, -0.2) is 30.1 Å². The van der Waals surface area contributed by atoms with Gasteiger partial charge in [0.05, 0.1) is 13.2 Å². The molecule has 1 fully saturated rings. The van der Waals surface area contributed by atoms with E-state index in [9.17, 15) is 9.59 Å². The van der Waals surface area contributed by atoms with Crippen LogP contribution in [0.5, 0.6) is 0 Å². The van der Waals surface area contributed by atoms with Gasteiger partial charge >= 0.3 is 5.97 Å². The fourth-order valence-electron chi connectivity index (χ4n) is 3.37. The van der Waals surface area contributed by atoms with E-state index in [0.29, 0.717) is 5.13 Å². The lowest BCUT2D eigenvalue weighted by atomic mass is 10.1. The minimum absolute atomic E-state index is 0.230. The maximum atomic E-state index is 13.5. The maximum Gasteiger partial charge on any atom is 0.332 e. The number of carbonyl (C=O) groups excluding carboxylic acids is 2. The topological polar surface area (TPSA) is 62.7 Å². The summed E-state index contributed by atoms with van der Waals surface area (Å²) in [6, 6.07) is 17.7. The van der Waals surface area contributed by atoms with Gasteiger partial charge in [-0.15, -0.1) is 11.3 Å². The second kappa shape index (κ2) is 8.97. The maximum absolute atomic E-state index is 13.5. The molecule has 0 aliphatic carbocycles. The molecule has 1 saturated heterocycles. The van der Waals surface area contributed by atoms with Gasteiger partial charge in [0.2, 0.25) is 0 Å². The van der Waals surface area contributed by atoms with Crippen LogP contribution in [0.1, 0.15) is 11.1 Å². The van der Waals surface area contributed by atoms with Crippen LogP contribution in [0.15, 0.2) is 84.0 Å². The molecule has 6 nitrogen and oxygen atoms in total. The molecule has 1 aromatic heterocycles. The highest BCUT2D eigenvalue weighted by Gasteiger charge is 2.43. The minimum Gasteiger partial charge on any atom is -0.466 e. The largest absolute Gasteiger partial charge is 0.466 e. The average Bonchev–Trinajstić information content (AvgIpc) is 3.40. The van der Waals surface area contributed by atoms with Gasteiger partial charge in [-0.05, 0) is 30.7 Å². The first kappa shape index (κ1) is 20.6. The Morgan fingerprint density at radius 2 is 1.84 bits per heavy atom. The highest BCUT2D eigenvalue weighted by molar-refractivity contribution is 7.13. The smallest absolute Gasteiger partial charge is 0.332 e. The molecule has 31 heavy (non-hydrogen) atoms. The zero-order valence-electron chi connectivity index (χ0n) is 17.1. The predicted octanol–water partition coefficient (Wildman–Crippen LogP) is 4.40. The van der Waals surface area contributed by atoms with Crippen LogP contribution in [0.3, 0.4) is 0 Å². The molecular formula is C24H21N3O3S. The molecule has 3 aromatic rings. The van der Waals surface area contributed by atoms with Gasteiger partial charge in [-0.3, -0.25) is 9.69 Å². The van der Waals surface area contributed by atoms with Crippen LogP contribution in [-0.2, 0) is 14.3 Å². The molecule has 156 valence electrons. The number of amides is 1. The molecule has 2 heterocycles. The molecule has 0 spiro atoms. The molecule has 1 aliphatic rings. The molecule has 0 bridgehead atoms. The number of anilines is 2. The fourth-order valence-corrected chi connectivity index (χ4v) is 4.04. The molecule has 1 amide bonds. The Hall–Kier alpha value is -3.71. The number of esters is 1. The number of carbonyl (C=O) groups is 2. The second-order valence-corrected chi connectivity index (χ2v) is 7.80. The Bertz CT molecular complexity index is 1120. The van der Waals surface area contributed by atoms with Crippen LogP contribution in [0, 0.1) is 6.92 Å². The van der Waals surface area contributed by atoms with Crippen molar-refractivity contribution in [2.45, 2.75) is 13.1 Å².